The van der Waals surface area contributed by atoms with Gasteiger partial charge in [0.15, 0.2) is 0 Å². The van der Waals surface area contributed by atoms with E-state index in [0.29, 0.717) is 23.0 Å². The van der Waals surface area contributed by atoms with E-state index >= 15 is 0 Å². The number of aromatic amines is 1. The van der Waals surface area contributed by atoms with E-state index in [4.69, 9.17) is 11.6 Å². The van der Waals surface area contributed by atoms with Crippen LogP contribution in [0.2, 0.25) is 4.34 Å². The van der Waals surface area contributed by atoms with Gasteiger partial charge in [-0.15, -0.1) is 11.3 Å². The molecule has 0 radical (unpaired) electrons. The number of carbonyl (C=O) groups excluding carboxylic acids is 1. The van der Waals surface area contributed by atoms with Crippen molar-refractivity contribution in [2.24, 2.45) is 0 Å². The number of imidazole rings is 1. The zero-order valence-corrected chi connectivity index (χ0v) is 19.0. The molecule has 1 aromatic carbocycles. The van der Waals surface area contributed by atoms with Crippen LogP contribution in [-0.2, 0) is 14.8 Å². The zero-order chi connectivity index (χ0) is 21.6. The van der Waals surface area contributed by atoms with Gasteiger partial charge in [-0.1, -0.05) is 54.8 Å². The van der Waals surface area contributed by atoms with Gasteiger partial charge in [-0.25, -0.2) is 13.4 Å². The third kappa shape index (κ3) is 6.25. The Morgan fingerprint density at radius 2 is 1.93 bits per heavy atom. The highest BCUT2D eigenvalue weighted by Gasteiger charge is 2.25. The Labute approximate surface area is 185 Å². The van der Waals surface area contributed by atoms with Crippen LogP contribution >= 0.6 is 22.9 Å². The van der Waals surface area contributed by atoms with Crippen LogP contribution in [-0.4, -0.2) is 24.2 Å². The fourth-order valence-corrected chi connectivity index (χ4v) is 5.85. The number of unbranched alkanes of at least 4 members (excludes halogenated alkanes) is 2. The van der Waals surface area contributed by atoms with Crippen LogP contribution in [0.25, 0.3) is 11.3 Å². The molecule has 30 heavy (non-hydrogen) atoms. The maximum absolute atomic E-state index is 12.8. The van der Waals surface area contributed by atoms with Crippen molar-refractivity contribution >= 4 is 38.7 Å². The SMILES string of the molecule is CC(=O)CCCCC[C@H](NS(=O)(=O)c1ccc(Cl)s1)c1ncc(-c2ccccc2)[nH]1. The number of aromatic nitrogens is 2. The zero-order valence-electron chi connectivity index (χ0n) is 16.6. The van der Waals surface area contributed by atoms with E-state index in [0.717, 1.165) is 41.9 Å². The Bertz CT molecular complexity index is 1080. The minimum absolute atomic E-state index is 0.167. The van der Waals surface area contributed by atoms with E-state index in [-0.39, 0.29) is 9.99 Å². The molecule has 0 bridgehead atoms. The highest BCUT2D eigenvalue weighted by Crippen LogP contribution is 2.28. The Kier molecular flexibility index (Phi) is 7.82. The number of thiophene rings is 1. The number of ketones is 1. The molecule has 3 rings (SSSR count). The largest absolute Gasteiger partial charge is 0.341 e. The summed E-state index contributed by atoms with van der Waals surface area (Å²) in [5.74, 6) is 0.729. The molecule has 6 nitrogen and oxygen atoms in total. The molecule has 0 spiro atoms. The van der Waals surface area contributed by atoms with E-state index < -0.39 is 16.1 Å². The summed E-state index contributed by atoms with van der Waals surface area (Å²) < 4.78 is 29.0. The average molecular weight is 466 g/mol. The van der Waals surface area contributed by atoms with Gasteiger partial charge < -0.3 is 9.78 Å². The minimum atomic E-state index is -3.73. The van der Waals surface area contributed by atoms with Gasteiger partial charge in [-0.2, -0.15) is 4.72 Å². The predicted molar refractivity (Wildman–Crippen MR) is 120 cm³/mol. The molecule has 0 aliphatic heterocycles. The molecule has 1 atom stereocenters. The summed E-state index contributed by atoms with van der Waals surface area (Å²) in [6.07, 6.45) is 5.23. The van der Waals surface area contributed by atoms with Crippen molar-refractivity contribution in [1.29, 1.82) is 0 Å². The Morgan fingerprint density at radius 3 is 2.60 bits per heavy atom. The summed E-state index contributed by atoms with van der Waals surface area (Å²) in [4.78, 5) is 18.8. The predicted octanol–water partition coefficient (Wildman–Crippen LogP) is 5.35. The molecule has 2 N–H and O–H groups in total. The number of rotatable bonds is 11. The van der Waals surface area contributed by atoms with Crippen molar-refractivity contribution in [2.75, 3.05) is 0 Å². The molecule has 0 saturated heterocycles. The highest BCUT2D eigenvalue weighted by atomic mass is 35.5. The first-order valence-corrected chi connectivity index (χ1v) is 12.4. The van der Waals surface area contributed by atoms with Crippen molar-refractivity contribution < 1.29 is 13.2 Å². The van der Waals surface area contributed by atoms with Crippen molar-refractivity contribution in [3.8, 4) is 11.3 Å². The molecular formula is C21H24ClN3O3S2. The van der Waals surface area contributed by atoms with Crippen molar-refractivity contribution in [1.82, 2.24) is 14.7 Å². The Balaban J connectivity index is 1.77. The molecule has 0 unspecified atom stereocenters. The van der Waals surface area contributed by atoms with Crippen LogP contribution in [0.4, 0.5) is 0 Å². The Morgan fingerprint density at radius 1 is 1.17 bits per heavy atom. The summed E-state index contributed by atoms with van der Waals surface area (Å²) in [5, 5.41) is 0. The first kappa shape index (κ1) is 22.7. The van der Waals surface area contributed by atoms with Gasteiger partial charge in [0.1, 0.15) is 15.8 Å². The second-order valence-corrected chi connectivity index (χ2v) is 10.7. The molecule has 2 aromatic heterocycles. The lowest BCUT2D eigenvalue weighted by molar-refractivity contribution is -0.117. The van der Waals surface area contributed by atoms with Crippen LogP contribution < -0.4 is 4.72 Å². The van der Waals surface area contributed by atoms with Gasteiger partial charge in [-0.3, -0.25) is 0 Å². The van der Waals surface area contributed by atoms with Gasteiger partial charge in [0, 0.05) is 6.42 Å². The number of H-pyrrole nitrogens is 1. The fourth-order valence-electron chi connectivity index (χ4n) is 3.12. The molecule has 0 fully saturated rings. The number of Topliss-reactive ketones (excluding diaryl/α,β-unsaturated/α-hetero) is 1. The quantitative estimate of drug-likeness (QED) is 0.373. The summed E-state index contributed by atoms with van der Waals surface area (Å²) >= 11 is 6.93. The lowest BCUT2D eigenvalue weighted by Crippen LogP contribution is -2.29. The monoisotopic (exact) mass is 465 g/mol. The topological polar surface area (TPSA) is 91.9 Å². The molecule has 9 heteroatoms. The second-order valence-electron chi connectivity index (χ2n) is 7.08. The fraction of sp³-hybridized carbons (Fsp3) is 0.333. The van der Waals surface area contributed by atoms with Crippen LogP contribution in [0.5, 0.6) is 0 Å². The summed E-state index contributed by atoms with van der Waals surface area (Å²) in [5.41, 5.74) is 1.80. The first-order valence-electron chi connectivity index (χ1n) is 9.72. The molecule has 3 aromatic rings. The van der Waals surface area contributed by atoms with Crippen LogP contribution in [0.15, 0.2) is 52.9 Å². The molecular weight excluding hydrogens is 442 g/mol. The third-order valence-electron chi connectivity index (χ3n) is 4.64. The lowest BCUT2D eigenvalue weighted by Gasteiger charge is -2.16. The molecule has 0 aliphatic rings. The van der Waals surface area contributed by atoms with E-state index in [1.165, 1.54) is 6.07 Å². The number of sulfonamides is 1. The van der Waals surface area contributed by atoms with Gasteiger partial charge in [0.25, 0.3) is 10.0 Å². The average Bonchev–Trinajstić information content (AvgIpc) is 3.37. The summed E-state index contributed by atoms with van der Waals surface area (Å²) in [7, 11) is -3.73. The van der Waals surface area contributed by atoms with E-state index in [9.17, 15) is 13.2 Å². The standard InChI is InChI=1S/C21H24ClN3O3S2/c1-15(26)8-4-2-7-11-17(25-30(27,28)20-13-12-19(22)29-20)21-23-14-18(24-21)16-9-5-3-6-10-16/h3,5-6,9-10,12-14,17,25H,2,4,7-8,11H2,1H3,(H,23,24)/t17-/m0/s1. The number of nitrogens with one attached hydrogen (secondary N) is 2. The molecule has 0 saturated carbocycles. The maximum atomic E-state index is 12.8. The molecule has 0 aliphatic carbocycles. The summed E-state index contributed by atoms with van der Waals surface area (Å²) in [6, 6.07) is 12.3. The number of halogens is 1. The van der Waals surface area contributed by atoms with Gasteiger partial charge in [0.05, 0.1) is 22.3 Å². The van der Waals surface area contributed by atoms with E-state index in [2.05, 4.69) is 14.7 Å². The maximum Gasteiger partial charge on any atom is 0.250 e. The molecule has 0 amide bonds. The minimum Gasteiger partial charge on any atom is -0.341 e. The third-order valence-corrected chi connectivity index (χ3v) is 7.84. The second kappa shape index (κ2) is 10.3. The van der Waals surface area contributed by atoms with Crippen LogP contribution in [0.3, 0.4) is 0 Å². The molecule has 2 heterocycles. The highest BCUT2D eigenvalue weighted by molar-refractivity contribution is 7.91. The van der Waals surface area contributed by atoms with Gasteiger partial charge in [0.2, 0.25) is 0 Å². The Hall–Kier alpha value is -2.00. The van der Waals surface area contributed by atoms with Crippen molar-refractivity contribution in [3.63, 3.8) is 0 Å². The van der Waals surface area contributed by atoms with Crippen molar-refractivity contribution in [2.45, 2.75) is 49.3 Å². The first-order chi connectivity index (χ1) is 14.3. The number of hydrogen-bond acceptors (Lipinski definition) is 5. The van der Waals surface area contributed by atoms with Crippen molar-refractivity contribution in [3.05, 3.63) is 58.8 Å². The van der Waals surface area contributed by atoms with Crippen LogP contribution in [0.1, 0.15) is 50.9 Å². The normalized spacial score (nSPS) is 12.7. The van der Waals surface area contributed by atoms with Gasteiger partial charge >= 0.3 is 0 Å². The van der Waals surface area contributed by atoms with Gasteiger partial charge in [-0.05, 0) is 37.5 Å². The number of carbonyl (C=O) groups is 1. The molecule has 160 valence electrons. The van der Waals surface area contributed by atoms with E-state index in [1.807, 2.05) is 30.3 Å². The van der Waals surface area contributed by atoms with Crippen LogP contribution in [0, 0.1) is 0 Å². The smallest absolute Gasteiger partial charge is 0.250 e. The lowest BCUT2D eigenvalue weighted by atomic mass is 10.1. The number of nitrogens with zero attached hydrogens (tertiary/aromatic N) is 1. The summed E-state index contributed by atoms with van der Waals surface area (Å²) in [6.45, 7) is 1.58. The number of hydrogen-bond donors (Lipinski definition) is 2. The number of benzene rings is 1. The van der Waals surface area contributed by atoms with E-state index in [1.54, 1.807) is 19.2 Å².